The van der Waals surface area contributed by atoms with Gasteiger partial charge in [-0.1, -0.05) is 6.07 Å². The Hall–Kier alpha value is -3.34. The zero-order valence-electron chi connectivity index (χ0n) is 18.5. The lowest BCUT2D eigenvalue weighted by Gasteiger charge is -2.38. The van der Waals surface area contributed by atoms with Crippen molar-refractivity contribution in [3.63, 3.8) is 0 Å². The van der Waals surface area contributed by atoms with Crippen molar-refractivity contribution in [1.29, 1.82) is 0 Å². The maximum Gasteiger partial charge on any atom is 0.274 e. The molecule has 2 fully saturated rings. The molecule has 2 aromatic heterocycles. The van der Waals surface area contributed by atoms with E-state index in [0.717, 1.165) is 43.2 Å². The van der Waals surface area contributed by atoms with Gasteiger partial charge in [0.25, 0.3) is 5.91 Å². The SMILES string of the molecule is NC1CC(c2ccncc2NC(=O)c2ccc(F)c(-c3c(F)cccc3F)n2)OC(C2CC2)C1O. The van der Waals surface area contributed by atoms with Crippen LogP contribution in [0.2, 0.25) is 0 Å². The van der Waals surface area contributed by atoms with E-state index in [4.69, 9.17) is 10.5 Å². The van der Waals surface area contributed by atoms with E-state index in [0.29, 0.717) is 17.7 Å². The molecule has 10 heteroatoms. The van der Waals surface area contributed by atoms with E-state index >= 15 is 0 Å². The summed E-state index contributed by atoms with van der Waals surface area (Å²) in [5, 5.41) is 13.1. The average molecular weight is 484 g/mol. The number of hydrogen-bond donors (Lipinski definition) is 3. The second-order valence-corrected chi connectivity index (χ2v) is 8.86. The molecule has 4 unspecified atom stereocenters. The van der Waals surface area contributed by atoms with Crippen LogP contribution in [0.15, 0.2) is 48.8 Å². The van der Waals surface area contributed by atoms with Gasteiger partial charge in [-0.15, -0.1) is 0 Å². The summed E-state index contributed by atoms with van der Waals surface area (Å²) in [6.07, 6.45) is 3.60. The molecule has 0 radical (unpaired) electrons. The van der Waals surface area contributed by atoms with E-state index in [2.05, 4.69) is 15.3 Å². The van der Waals surface area contributed by atoms with Crippen molar-refractivity contribution in [1.82, 2.24) is 9.97 Å². The van der Waals surface area contributed by atoms with E-state index < -0.39 is 59.0 Å². The van der Waals surface area contributed by atoms with Crippen molar-refractivity contribution in [2.75, 3.05) is 5.32 Å². The third-order valence-corrected chi connectivity index (χ3v) is 6.40. The van der Waals surface area contributed by atoms with Crippen LogP contribution in [0.25, 0.3) is 11.3 Å². The van der Waals surface area contributed by atoms with Crippen molar-refractivity contribution < 1.29 is 27.8 Å². The number of carbonyl (C=O) groups is 1. The largest absolute Gasteiger partial charge is 0.389 e. The van der Waals surface area contributed by atoms with Gasteiger partial charge in [0.15, 0.2) is 0 Å². The van der Waals surface area contributed by atoms with Gasteiger partial charge in [-0.3, -0.25) is 9.78 Å². The Morgan fingerprint density at radius 3 is 2.54 bits per heavy atom. The van der Waals surface area contributed by atoms with E-state index in [1.54, 1.807) is 12.3 Å². The minimum atomic E-state index is -0.998. The molecule has 5 rings (SSSR count). The molecule has 7 nitrogen and oxygen atoms in total. The normalized spacial score (nSPS) is 24.3. The lowest BCUT2D eigenvalue weighted by atomic mass is 9.90. The number of amides is 1. The van der Waals surface area contributed by atoms with Crippen LogP contribution in [-0.4, -0.2) is 39.2 Å². The quantitative estimate of drug-likeness (QED) is 0.509. The van der Waals surface area contributed by atoms with E-state index in [-0.39, 0.29) is 11.6 Å². The molecule has 1 saturated carbocycles. The molecule has 0 bridgehead atoms. The molecule has 2 aliphatic rings. The molecule has 0 spiro atoms. The molecule has 3 heterocycles. The summed E-state index contributed by atoms with van der Waals surface area (Å²) < 4.78 is 49.0. The van der Waals surface area contributed by atoms with Gasteiger partial charge in [0.2, 0.25) is 0 Å². The Kier molecular flexibility index (Phi) is 6.26. The van der Waals surface area contributed by atoms with Crippen LogP contribution < -0.4 is 11.1 Å². The summed E-state index contributed by atoms with van der Waals surface area (Å²) in [5.74, 6) is -3.44. The highest BCUT2D eigenvalue weighted by atomic mass is 19.1. The number of halogens is 3. The second kappa shape index (κ2) is 9.37. The Labute approximate surface area is 199 Å². The first-order chi connectivity index (χ1) is 16.8. The van der Waals surface area contributed by atoms with Gasteiger partial charge in [0, 0.05) is 17.8 Å². The smallest absolute Gasteiger partial charge is 0.274 e. The summed E-state index contributed by atoms with van der Waals surface area (Å²) in [5.41, 5.74) is 5.60. The lowest BCUT2D eigenvalue weighted by molar-refractivity contribution is -0.136. The molecule has 1 aromatic carbocycles. The Morgan fingerprint density at radius 1 is 1.09 bits per heavy atom. The molecule has 1 aliphatic carbocycles. The number of pyridine rings is 2. The molecule has 4 atom stereocenters. The number of rotatable bonds is 5. The monoisotopic (exact) mass is 484 g/mol. The maximum absolute atomic E-state index is 14.4. The standard InChI is InChI=1S/C25H23F3N4O3/c26-14-2-1-3-15(27)21(14)22-16(28)6-7-18(31-22)25(34)32-19-11-30-9-8-13(19)20-10-17(29)23(33)24(35-20)12-4-5-12/h1-3,6-9,11-12,17,20,23-24,33H,4-5,10,29H2,(H,32,34). The first-order valence-electron chi connectivity index (χ1n) is 11.3. The first kappa shape index (κ1) is 23.4. The molecular formula is C25H23F3N4O3. The highest BCUT2D eigenvalue weighted by molar-refractivity contribution is 6.03. The van der Waals surface area contributed by atoms with Gasteiger partial charge in [-0.2, -0.15) is 0 Å². The van der Waals surface area contributed by atoms with Crippen molar-refractivity contribution in [3.05, 3.63) is 77.5 Å². The summed E-state index contributed by atoms with van der Waals surface area (Å²) in [6.45, 7) is 0. The number of aliphatic hydroxyl groups is 1. The van der Waals surface area contributed by atoms with Crippen LogP contribution in [0.5, 0.6) is 0 Å². The number of carbonyl (C=O) groups excluding carboxylic acids is 1. The lowest BCUT2D eigenvalue weighted by Crippen LogP contribution is -2.50. The van der Waals surface area contributed by atoms with Crippen LogP contribution >= 0.6 is 0 Å². The van der Waals surface area contributed by atoms with Crippen LogP contribution in [0, 0.1) is 23.4 Å². The summed E-state index contributed by atoms with van der Waals surface area (Å²) in [7, 11) is 0. The molecular weight excluding hydrogens is 461 g/mol. The molecule has 182 valence electrons. The zero-order chi connectivity index (χ0) is 24.7. The minimum absolute atomic E-state index is 0.244. The number of aliphatic hydroxyl groups excluding tert-OH is 1. The predicted octanol–water partition coefficient (Wildman–Crippen LogP) is 3.74. The fourth-order valence-corrected chi connectivity index (χ4v) is 4.42. The number of aromatic nitrogens is 2. The van der Waals surface area contributed by atoms with Crippen molar-refractivity contribution in [3.8, 4) is 11.3 Å². The summed E-state index contributed by atoms with van der Waals surface area (Å²) in [4.78, 5) is 21.0. The van der Waals surface area contributed by atoms with Gasteiger partial charge in [-0.25, -0.2) is 18.2 Å². The number of benzene rings is 1. The summed E-state index contributed by atoms with van der Waals surface area (Å²) in [6, 6.07) is 6.36. The van der Waals surface area contributed by atoms with Gasteiger partial charge < -0.3 is 20.9 Å². The van der Waals surface area contributed by atoms with E-state index in [1.165, 1.54) is 6.20 Å². The molecule has 1 aliphatic heterocycles. The molecule has 1 saturated heterocycles. The second-order valence-electron chi connectivity index (χ2n) is 8.86. The van der Waals surface area contributed by atoms with Crippen LogP contribution in [0.1, 0.15) is 41.4 Å². The number of ether oxygens (including phenoxy) is 1. The van der Waals surface area contributed by atoms with Gasteiger partial charge >= 0.3 is 0 Å². The number of nitrogens with one attached hydrogen (secondary N) is 1. The van der Waals surface area contributed by atoms with Crippen LogP contribution in [-0.2, 0) is 4.74 Å². The maximum atomic E-state index is 14.4. The molecule has 1 amide bonds. The Balaban J connectivity index is 1.42. The van der Waals surface area contributed by atoms with Gasteiger partial charge in [0.05, 0.1) is 35.8 Å². The van der Waals surface area contributed by atoms with Gasteiger partial charge in [0.1, 0.15) is 28.8 Å². The topological polar surface area (TPSA) is 110 Å². The van der Waals surface area contributed by atoms with E-state index in [1.807, 2.05) is 0 Å². The predicted molar refractivity (Wildman–Crippen MR) is 121 cm³/mol. The van der Waals surface area contributed by atoms with Crippen molar-refractivity contribution >= 4 is 11.6 Å². The zero-order valence-corrected chi connectivity index (χ0v) is 18.5. The van der Waals surface area contributed by atoms with Crippen molar-refractivity contribution in [2.45, 2.75) is 43.6 Å². The molecule has 35 heavy (non-hydrogen) atoms. The average Bonchev–Trinajstić information content (AvgIpc) is 3.67. The van der Waals surface area contributed by atoms with Gasteiger partial charge in [-0.05, 0) is 55.5 Å². The Morgan fingerprint density at radius 2 is 1.83 bits per heavy atom. The highest BCUT2D eigenvalue weighted by Crippen LogP contribution is 2.43. The third kappa shape index (κ3) is 4.64. The number of anilines is 1. The summed E-state index contributed by atoms with van der Waals surface area (Å²) >= 11 is 0. The molecule has 4 N–H and O–H groups in total. The highest BCUT2D eigenvalue weighted by Gasteiger charge is 2.45. The van der Waals surface area contributed by atoms with Crippen LogP contribution in [0.4, 0.5) is 18.9 Å². The van der Waals surface area contributed by atoms with Crippen molar-refractivity contribution in [2.24, 2.45) is 11.7 Å². The minimum Gasteiger partial charge on any atom is -0.389 e. The Bertz CT molecular complexity index is 1250. The van der Waals surface area contributed by atoms with Crippen LogP contribution in [0.3, 0.4) is 0 Å². The fraction of sp³-hybridized carbons (Fsp3) is 0.320. The fourth-order valence-electron chi connectivity index (χ4n) is 4.42. The number of nitrogens with two attached hydrogens (primary N) is 1. The number of hydrogen-bond acceptors (Lipinski definition) is 6. The van der Waals surface area contributed by atoms with E-state index in [9.17, 15) is 23.1 Å². The third-order valence-electron chi connectivity index (χ3n) is 6.40. The molecule has 3 aromatic rings. The first-order valence-corrected chi connectivity index (χ1v) is 11.3. The number of nitrogens with zero attached hydrogens (tertiary/aromatic N) is 2.